The molecule has 6 nitrogen and oxygen atoms in total. The van der Waals surface area contributed by atoms with Crippen LogP contribution in [0.4, 0.5) is 11.5 Å². The van der Waals surface area contributed by atoms with Crippen LogP contribution in [0, 0.1) is 24.0 Å². The molecule has 2 heterocycles. The Kier molecular flexibility index (Phi) is 3.94. The summed E-state index contributed by atoms with van der Waals surface area (Å²) in [5.41, 5.74) is 0.881. The lowest BCUT2D eigenvalue weighted by Crippen LogP contribution is -2.08. The van der Waals surface area contributed by atoms with Gasteiger partial charge in [-0.05, 0) is 26.8 Å². The van der Waals surface area contributed by atoms with E-state index in [4.69, 9.17) is 16.0 Å². The van der Waals surface area contributed by atoms with Gasteiger partial charge in [-0.1, -0.05) is 11.6 Å². The maximum absolute atomic E-state index is 10.8. The van der Waals surface area contributed by atoms with Gasteiger partial charge in [-0.15, -0.1) is 0 Å². The van der Waals surface area contributed by atoms with Crippen molar-refractivity contribution in [2.75, 3.05) is 5.32 Å². The number of aromatic nitrogens is 1. The van der Waals surface area contributed by atoms with Crippen molar-refractivity contribution in [2.45, 2.75) is 26.8 Å². The number of nitrogens with zero attached hydrogens (tertiary/aromatic N) is 2. The van der Waals surface area contributed by atoms with Crippen LogP contribution in [-0.4, -0.2) is 9.91 Å². The molecule has 0 saturated heterocycles. The predicted octanol–water partition coefficient (Wildman–Crippen LogP) is 4.03. The Bertz CT molecular complexity index is 654. The third-order valence-electron chi connectivity index (χ3n) is 2.90. The summed E-state index contributed by atoms with van der Waals surface area (Å²) in [5.74, 6) is 1.98. The Morgan fingerprint density at radius 2 is 2.10 bits per heavy atom. The number of pyridine rings is 1. The topological polar surface area (TPSA) is 81.2 Å². The van der Waals surface area contributed by atoms with Gasteiger partial charge in [0, 0.05) is 5.56 Å². The Balaban J connectivity index is 2.25. The molecule has 0 fully saturated rings. The van der Waals surface area contributed by atoms with Crippen LogP contribution in [0.25, 0.3) is 0 Å². The summed E-state index contributed by atoms with van der Waals surface area (Å²) in [7, 11) is 0. The van der Waals surface area contributed by atoms with Crippen molar-refractivity contribution in [3.63, 3.8) is 0 Å². The number of anilines is 1. The van der Waals surface area contributed by atoms with E-state index >= 15 is 0 Å². The second-order valence-electron chi connectivity index (χ2n) is 4.53. The summed E-state index contributed by atoms with van der Waals surface area (Å²) in [4.78, 5) is 14.3. The molecule has 0 amide bonds. The molecular formula is C13H14ClN3O3. The Labute approximate surface area is 120 Å². The highest BCUT2D eigenvalue weighted by Crippen LogP contribution is 2.27. The zero-order valence-corrected chi connectivity index (χ0v) is 12.1. The quantitative estimate of drug-likeness (QED) is 0.523. The molecule has 2 aromatic heterocycles. The Morgan fingerprint density at radius 1 is 1.40 bits per heavy atom. The van der Waals surface area contributed by atoms with E-state index in [-0.39, 0.29) is 16.9 Å². The highest BCUT2D eigenvalue weighted by atomic mass is 35.5. The molecule has 0 radical (unpaired) electrons. The molecule has 7 heteroatoms. The zero-order chi connectivity index (χ0) is 14.9. The first-order chi connectivity index (χ1) is 9.36. The first-order valence-corrected chi connectivity index (χ1v) is 6.40. The van der Waals surface area contributed by atoms with Gasteiger partial charge in [0.2, 0.25) is 0 Å². The first-order valence-electron chi connectivity index (χ1n) is 6.02. The van der Waals surface area contributed by atoms with Crippen LogP contribution in [0.15, 0.2) is 22.6 Å². The number of rotatable bonds is 4. The lowest BCUT2D eigenvalue weighted by atomic mass is 10.1. The second kappa shape index (κ2) is 5.50. The average molecular weight is 296 g/mol. The minimum atomic E-state index is -0.503. The summed E-state index contributed by atoms with van der Waals surface area (Å²) < 4.78 is 5.46. The molecule has 2 rings (SSSR count). The number of halogens is 1. The minimum absolute atomic E-state index is 0.0778. The van der Waals surface area contributed by atoms with Crippen LogP contribution in [0.2, 0.25) is 5.15 Å². The summed E-state index contributed by atoms with van der Waals surface area (Å²) in [6.45, 7) is 5.66. The van der Waals surface area contributed by atoms with Crippen LogP contribution in [0.1, 0.15) is 30.0 Å². The van der Waals surface area contributed by atoms with E-state index in [9.17, 15) is 10.1 Å². The third kappa shape index (κ3) is 3.08. The van der Waals surface area contributed by atoms with E-state index in [1.165, 1.54) is 12.1 Å². The molecular weight excluding hydrogens is 282 g/mol. The lowest BCUT2D eigenvalue weighted by Gasteiger charge is -2.13. The van der Waals surface area contributed by atoms with E-state index in [1.54, 1.807) is 0 Å². The van der Waals surface area contributed by atoms with E-state index in [1.807, 2.05) is 26.8 Å². The van der Waals surface area contributed by atoms with Crippen molar-refractivity contribution in [3.05, 3.63) is 50.6 Å². The maximum Gasteiger partial charge on any atom is 0.276 e. The Hall–Kier alpha value is -2.08. The number of furan rings is 1. The fraction of sp³-hybridized carbons (Fsp3) is 0.308. The molecule has 20 heavy (non-hydrogen) atoms. The summed E-state index contributed by atoms with van der Waals surface area (Å²) in [6, 6.07) is 4.39. The first kappa shape index (κ1) is 14.3. The molecule has 1 N–H and O–H groups in total. The standard InChI is InChI=1S/C13H14ClN3O3/c1-7-4-11(9(3)20-7)8(2)15-13-6-10(17(18)19)5-12(14)16-13/h4-6,8H,1-3H3,(H,15,16). The third-order valence-corrected chi connectivity index (χ3v) is 3.09. The largest absolute Gasteiger partial charge is 0.466 e. The number of hydrogen-bond acceptors (Lipinski definition) is 5. The van der Waals surface area contributed by atoms with Gasteiger partial charge in [-0.25, -0.2) is 4.98 Å². The molecule has 0 spiro atoms. The highest BCUT2D eigenvalue weighted by Gasteiger charge is 2.15. The molecule has 0 aliphatic rings. The molecule has 1 unspecified atom stereocenters. The molecule has 0 aliphatic carbocycles. The van der Waals surface area contributed by atoms with Crippen LogP contribution < -0.4 is 5.32 Å². The number of nitrogens with one attached hydrogen (secondary N) is 1. The van der Waals surface area contributed by atoms with Crippen LogP contribution in [0.3, 0.4) is 0 Å². The maximum atomic E-state index is 10.8. The van der Waals surface area contributed by atoms with Gasteiger partial charge in [-0.2, -0.15) is 0 Å². The van der Waals surface area contributed by atoms with Crippen LogP contribution in [-0.2, 0) is 0 Å². The van der Waals surface area contributed by atoms with E-state index in [0.29, 0.717) is 5.82 Å². The summed E-state index contributed by atoms with van der Waals surface area (Å²) in [5, 5.41) is 14.0. The van der Waals surface area contributed by atoms with E-state index in [0.717, 1.165) is 17.1 Å². The zero-order valence-electron chi connectivity index (χ0n) is 11.3. The molecule has 2 aromatic rings. The Morgan fingerprint density at radius 3 is 2.65 bits per heavy atom. The van der Waals surface area contributed by atoms with Crippen molar-refractivity contribution in [2.24, 2.45) is 0 Å². The van der Waals surface area contributed by atoms with Crippen LogP contribution in [0.5, 0.6) is 0 Å². The van der Waals surface area contributed by atoms with Gasteiger partial charge in [-0.3, -0.25) is 10.1 Å². The predicted molar refractivity (Wildman–Crippen MR) is 76.1 cm³/mol. The van der Waals surface area contributed by atoms with Gasteiger partial charge < -0.3 is 9.73 Å². The monoisotopic (exact) mass is 295 g/mol. The van der Waals surface area contributed by atoms with Crippen molar-refractivity contribution in [1.82, 2.24) is 4.98 Å². The van der Waals surface area contributed by atoms with Crippen molar-refractivity contribution in [3.8, 4) is 0 Å². The van der Waals surface area contributed by atoms with Gasteiger partial charge in [0.15, 0.2) is 0 Å². The molecule has 0 aromatic carbocycles. The molecule has 0 saturated carbocycles. The van der Waals surface area contributed by atoms with Gasteiger partial charge in [0.25, 0.3) is 5.69 Å². The van der Waals surface area contributed by atoms with Crippen molar-refractivity contribution in [1.29, 1.82) is 0 Å². The van der Waals surface area contributed by atoms with Gasteiger partial charge in [0.05, 0.1) is 23.1 Å². The van der Waals surface area contributed by atoms with E-state index < -0.39 is 4.92 Å². The number of aryl methyl sites for hydroxylation is 2. The van der Waals surface area contributed by atoms with Crippen molar-refractivity contribution >= 4 is 23.1 Å². The minimum Gasteiger partial charge on any atom is -0.466 e. The average Bonchev–Trinajstić information content (AvgIpc) is 2.67. The normalized spacial score (nSPS) is 12.2. The SMILES string of the molecule is Cc1cc(C(C)Nc2cc([N+](=O)[O-])cc(Cl)n2)c(C)o1. The molecule has 0 bridgehead atoms. The second-order valence-corrected chi connectivity index (χ2v) is 4.91. The molecule has 1 atom stereocenters. The summed E-state index contributed by atoms with van der Waals surface area (Å²) in [6.07, 6.45) is 0. The van der Waals surface area contributed by atoms with Gasteiger partial charge in [0.1, 0.15) is 22.5 Å². The molecule has 0 aliphatic heterocycles. The summed E-state index contributed by atoms with van der Waals surface area (Å²) >= 11 is 5.78. The van der Waals surface area contributed by atoms with Crippen LogP contribution >= 0.6 is 11.6 Å². The van der Waals surface area contributed by atoms with Gasteiger partial charge >= 0.3 is 0 Å². The lowest BCUT2D eigenvalue weighted by molar-refractivity contribution is -0.384. The highest BCUT2D eigenvalue weighted by molar-refractivity contribution is 6.29. The fourth-order valence-corrected chi connectivity index (χ4v) is 2.25. The van der Waals surface area contributed by atoms with E-state index in [2.05, 4.69) is 10.3 Å². The number of nitro groups is 1. The number of hydrogen-bond donors (Lipinski definition) is 1. The molecule has 106 valence electrons. The fourth-order valence-electron chi connectivity index (χ4n) is 2.04. The van der Waals surface area contributed by atoms with Crippen molar-refractivity contribution < 1.29 is 9.34 Å². The smallest absolute Gasteiger partial charge is 0.276 e.